The maximum absolute atomic E-state index is 12.9. The van der Waals surface area contributed by atoms with Crippen LogP contribution in [0.25, 0.3) is 0 Å². The molecule has 150 valence electrons. The van der Waals surface area contributed by atoms with Gasteiger partial charge in [-0.25, -0.2) is 4.68 Å². The first-order valence-corrected chi connectivity index (χ1v) is 9.34. The fourth-order valence-electron chi connectivity index (χ4n) is 3.23. The van der Waals surface area contributed by atoms with Gasteiger partial charge in [-0.15, -0.1) is 0 Å². The van der Waals surface area contributed by atoms with Crippen molar-refractivity contribution >= 4 is 5.78 Å². The molecule has 3 aromatic rings. The number of hydrogen-bond acceptors (Lipinski definition) is 5. The summed E-state index contributed by atoms with van der Waals surface area (Å²) in [6, 6.07) is 16.6. The third-order valence-electron chi connectivity index (χ3n) is 4.63. The molecule has 0 radical (unpaired) electrons. The highest BCUT2D eigenvalue weighted by atomic mass is 16.5. The summed E-state index contributed by atoms with van der Waals surface area (Å²) in [5, 5.41) is 4.26. The van der Waals surface area contributed by atoms with Crippen molar-refractivity contribution in [2.24, 2.45) is 0 Å². The van der Waals surface area contributed by atoms with Crippen molar-refractivity contribution in [1.82, 2.24) is 9.78 Å². The molecule has 0 saturated heterocycles. The molecule has 0 spiro atoms. The number of aromatic nitrogens is 2. The third kappa shape index (κ3) is 5.10. The maximum Gasteiger partial charge on any atom is 0.270 e. The Bertz CT molecular complexity index is 1060. The van der Waals surface area contributed by atoms with E-state index < -0.39 is 0 Å². The van der Waals surface area contributed by atoms with Gasteiger partial charge in [0.05, 0.1) is 19.9 Å². The number of carbonyl (C=O) groups is 1. The highest BCUT2D eigenvalue weighted by Gasteiger charge is 2.13. The lowest BCUT2D eigenvalue weighted by Gasteiger charge is -2.11. The van der Waals surface area contributed by atoms with E-state index in [0.29, 0.717) is 17.7 Å². The molecular formula is C23H24N2O4. The summed E-state index contributed by atoms with van der Waals surface area (Å²) < 4.78 is 11.8. The average Bonchev–Trinajstić information content (AvgIpc) is 2.72. The van der Waals surface area contributed by atoms with Crippen LogP contribution in [0, 0.1) is 6.92 Å². The molecule has 6 nitrogen and oxygen atoms in total. The average molecular weight is 392 g/mol. The van der Waals surface area contributed by atoms with Crippen molar-refractivity contribution in [1.29, 1.82) is 0 Å². The van der Waals surface area contributed by atoms with Crippen LogP contribution in [-0.2, 0) is 24.2 Å². The Balaban J connectivity index is 1.79. The van der Waals surface area contributed by atoms with Gasteiger partial charge in [0.15, 0.2) is 5.78 Å². The van der Waals surface area contributed by atoms with Crippen molar-refractivity contribution in [3.05, 3.63) is 87.3 Å². The number of hydrogen-bond donors (Lipinski definition) is 0. The lowest BCUT2D eigenvalue weighted by molar-refractivity contribution is -0.119. The van der Waals surface area contributed by atoms with Crippen LogP contribution in [0.4, 0.5) is 0 Å². The molecule has 0 bridgehead atoms. The number of benzene rings is 2. The Morgan fingerprint density at radius 3 is 2.41 bits per heavy atom. The van der Waals surface area contributed by atoms with Crippen molar-refractivity contribution in [2.75, 3.05) is 14.2 Å². The standard InChI is InChI=1S/C23H24N2O4/c1-16-12-19(14-18-6-4-5-7-22(18)29-3)23(27)25(24-16)15-20(26)13-17-8-10-21(28-2)11-9-17/h4-12H,13-15H2,1-3H3. The van der Waals surface area contributed by atoms with Crippen LogP contribution in [0.2, 0.25) is 0 Å². The fourth-order valence-corrected chi connectivity index (χ4v) is 3.23. The van der Waals surface area contributed by atoms with Crippen LogP contribution in [-0.4, -0.2) is 29.8 Å². The van der Waals surface area contributed by atoms with Gasteiger partial charge in [0.1, 0.15) is 18.0 Å². The fraction of sp³-hybridized carbons (Fsp3) is 0.261. The molecule has 1 aromatic heterocycles. The van der Waals surface area contributed by atoms with Crippen LogP contribution in [0.5, 0.6) is 11.5 Å². The summed E-state index contributed by atoms with van der Waals surface area (Å²) in [4.78, 5) is 25.4. The van der Waals surface area contributed by atoms with E-state index in [1.54, 1.807) is 20.3 Å². The molecule has 0 unspecified atom stereocenters. The minimum Gasteiger partial charge on any atom is -0.497 e. The predicted molar refractivity (Wildman–Crippen MR) is 111 cm³/mol. The summed E-state index contributed by atoms with van der Waals surface area (Å²) in [5.74, 6) is 1.38. The van der Waals surface area contributed by atoms with Crippen LogP contribution in [0.3, 0.4) is 0 Å². The first kappa shape index (κ1) is 20.3. The van der Waals surface area contributed by atoms with Crippen molar-refractivity contribution < 1.29 is 14.3 Å². The molecule has 0 aliphatic carbocycles. The summed E-state index contributed by atoms with van der Waals surface area (Å²) in [7, 11) is 3.20. The van der Waals surface area contributed by atoms with E-state index in [1.807, 2.05) is 55.5 Å². The van der Waals surface area contributed by atoms with E-state index in [2.05, 4.69) is 5.10 Å². The number of carbonyl (C=O) groups excluding carboxylic acids is 1. The highest BCUT2D eigenvalue weighted by Crippen LogP contribution is 2.20. The van der Waals surface area contributed by atoms with Crippen LogP contribution in [0.15, 0.2) is 59.4 Å². The molecular weight excluding hydrogens is 368 g/mol. The first-order chi connectivity index (χ1) is 14.0. The van der Waals surface area contributed by atoms with Gasteiger partial charge >= 0.3 is 0 Å². The minimum atomic E-state index is -0.260. The predicted octanol–water partition coefficient (Wildman–Crippen LogP) is 2.97. The van der Waals surface area contributed by atoms with E-state index in [4.69, 9.17) is 9.47 Å². The third-order valence-corrected chi connectivity index (χ3v) is 4.63. The largest absolute Gasteiger partial charge is 0.497 e. The zero-order valence-electron chi connectivity index (χ0n) is 16.8. The monoisotopic (exact) mass is 392 g/mol. The lowest BCUT2D eigenvalue weighted by Crippen LogP contribution is -2.30. The highest BCUT2D eigenvalue weighted by molar-refractivity contribution is 5.80. The van der Waals surface area contributed by atoms with Gasteiger partial charge in [-0.05, 0) is 42.3 Å². The van der Waals surface area contributed by atoms with Crippen molar-refractivity contribution in [3.8, 4) is 11.5 Å². The van der Waals surface area contributed by atoms with Gasteiger partial charge in [-0.3, -0.25) is 9.59 Å². The molecule has 0 aliphatic rings. The van der Waals surface area contributed by atoms with E-state index >= 15 is 0 Å². The molecule has 6 heteroatoms. The van der Waals surface area contributed by atoms with E-state index in [1.165, 1.54) is 4.68 Å². The zero-order chi connectivity index (χ0) is 20.8. The molecule has 3 rings (SSSR count). The van der Waals surface area contributed by atoms with E-state index in [-0.39, 0.29) is 24.3 Å². The van der Waals surface area contributed by atoms with Gasteiger partial charge in [-0.2, -0.15) is 5.10 Å². The molecule has 0 saturated carbocycles. The van der Waals surface area contributed by atoms with E-state index in [9.17, 15) is 9.59 Å². The molecule has 0 N–H and O–H groups in total. The number of para-hydroxylation sites is 1. The topological polar surface area (TPSA) is 70.4 Å². The SMILES string of the molecule is COc1ccc(CC(=O)Cn2nc(C)cc(Cc3ccccc3OC)c2=O)cc1. The van der Waals surface area contributed by atoms with Crippen molar-refractivity contribution in [2.45, 2.75) is 26.3 Å². The molecule has 2 aromatic carbocycles. The second-order valence-electron chi connectivity index (χ2n) is 6.83. The number of rotatable bonds is 8. The zero-order valence-corrected chi connectivity index (χ0v) is 16.8. The van der Waals surface area contributed by atoms with Crippen LogP contribution in [0.1, 0.15) is 22.4 Å². The number of Topliss-reactive ketones (excluding diaryl/α,β-unsaturated/α-hetero) is 1. The normalized spacial score (nSPS) is 10.6. The Labute approximate surface area is 169 Å². The molecule has 0 atom stereocenters. The summed E-state index contributed by atoms with van der Waals surface area (Å²) in [5.41, 5.74) is 2.79. The van der Waals surface area contributed by atoms with Gasteiger partial charge in [0, 0.05) is 18.4 Å². The van der Waals surface area contributed by atoms with Gasteiger partial charge in [0.25, 0.3) is 5.56 Å². The first-order valence-electron chi connectivity index (χ1n) is 9.34. The summed E-state index contributed by atoms with van der Waals surface area (Å²) in [6.45, 7) is 1.75. The van der Waals surface area contributed by atoms with Crippen molar-refractivity contribution in [3.63, 3.8) is 0 Å². The van der Waals surface area contributed by atoms with Gasteiger partial charge in [0.2, 0.25) is 0 Å². The maximum atomic E-state index is 12.9. The minimum absolute atomic E-state index is 0.0640. The second kappa shape index (κ2) is 9.19. The quantitative estimate of drug-likeness (QED) is 0.589. The van der Waals surface area contributed by atoms with Crippen LogP contribution < -0.4 is 15.0 Å². The lowest BCUT2D eigenvalue weighted by atomic mass is 10.0. The molecule has 0 fully saturated rings. The smallest absolute Gasteiger partial charge is 0.270 e. The number of aryl methyl sites for hydroxylation is 1. The Kier molecular flexibility index (Phi) is 6.44. The molecule has 0 amide bonds. The molecule has 29 heavy (non-hydrogen) atoms. The Morgan fingerprint density at radius 1 is 1.00 bits per heavy atom. The number of ether oxygens (including phenoxy) is 2. The second-order valence-corrected chi connectivity index (χ2v) is 6.83. The number of ketones is 1. The molecule has 1 heterocycles. The van der Waals surface area contributed by atoms with E-state index in [0.717, 1.165) is 22.6 Å². The number of methoxy groups -OCH3 is 2. The molecule has 0 aliphatic heterocycles. The van der Waals surface area contributed by atoms with Crippen LogP contribution >= 0.6 is 0 Å². The van der Waals surface area contributed by atoms with Gasteiger partial charge in [-0.1, -0.05) is 30.3 Å². The van der Waals surface area contributed by atoms with Gasteiger partial charge < -0.3 is 9.47 Å². The Morgan fingerprint density at radius 2 is 1.72 bits per heavy atom. The Hall–Kier alpha value is -3.41. The summed E-state index contributed by atoms with van der Waals surface area (Å²) >= 11 is 0. The summed E-state index contributed by atoms with van der Waals surface area (Å²) in [6.07, 6.45) is 0.646. The number of nitrogens with zero attached hydrogens (tertiary/aromatic N) is 2.